The van der Waals surface area contributed by atoms with E-state index in [1.165, 1.54) is 0 Å². The Balaban J connectivity index is 0.00000392. The van der Waals surface area contributed by atoms with Gasteiger partial charge in [0.1, 0.15) is 5.82 Å². The molecular weight excluding hydrogens is 493 g/mol. The molecule has 160 valence electrons. The van der Waals surface area contributed by atoms with Gasteiger partial charge in [-0.15, -0.1) is 24.0 Å². The molecule has 0 spiro atoms. The van der Waals surface area contributed by atoms with Gasteiger partial charge in [0.25, 0.3) is 0 Å². The number of nitrogens with one attached hydrogen (secondary N) is 2. The van der Waals surface area contributed by atoms with E-state index >= 15 is 0 Å². The molecule has 28 heavy (non-hydrogen) atoms. The number of rotatable bonds is 7. The molecule has 1 fully saturated rings. The monoisotopic (exact) mass is 519 g/mol. The first-order valence-corrected chi connectivity index (χ1v) is 8.86. The molecule has 0 amide bonds. The number of aliphatic hydroxyl groups is 1. The van der Waals surface area contributed by atoms with Gasteiger partial charge in [-0.25, -0.2) is 9.38 Å². The van der Waals surface area contributed by atoms with Gasteiger partial charge in [-0.05, 0) is 37.5 Å². The topological polar surface area (TPSA) is 65.9 Å². The van der Waals surface area contributed by atoms with Crippen LogP contribution in [0.25, 0.3) is 0 Å². The average Bonchev–Trinajstić information content (AvgIpc) is 3.06. The summed E-state index contributed by atoms with van der Waals surface area (Å²) in [5, 5.41) is 15.4. The van der Waals surface area contributed by atoms with Crippen LogP contribution in [-0.4, -0.2) is 44.0 Å². The molecule has 3 N–H and O–H groups in total. The number of alkyl halides is 3. The Labute approximate surface area is 179 Å². The molecule has 1 aromatic rings. The number of aliphatic imine (C=N–C) groups is 1. The Morgan fingerprint density at radius 2 is 2.07 bits per heavy atom. The van der Waals surface area contributed by atoms with Crippen molar-refractivity contribution in [2.75, 3.05) is 32.9 Å². The highest BCUT2D eigenvalue weighted by molar-refractivity contribution is 14.0. The van der Waals surface area contributed by atoms with Gasteiger partial charge in [0.15, 0.2) is 5.96 Å². The van der Waals surface area contributed by atoms with E-state index in [2.05, 4.69) is 15.6 Å². The molecule has 1 unspecified atom stereocenters. The zero-order valence-corrected chi connectivity index (χ0v) is 17.9. The second-order valence-electron chi connectivity index (χ2n) is 6.62. The Hall–Kier alpha value is -1.14. The van der Waals surface area contributed by atoms with Crippen molar-refractivity contribution in [1.82, 2.24) is 10.6 Å². The summed E-state index contributed by atoms with van der Waals surface area (Å²) in [4.78, 5) is 4.21. The highest BCUT2D eigenvalue weighted by Gasteiger charge is 2.35. The lowest BCUT2D eigenvalue weighted by Crippen LogP contribution is -2.44. The zero-order chi connectivity index (χ0) is 19.9. The summed E-state index contributed by atoms with van der Waals surface area (Å²) >= 11 is 0. The van der Waals surface area contributed by atoms with Gasteiger partial charge < -0.3 is 20.5 Å². The van der Waals surface area contributed by atoms with Gasteiger partial charge in [0.2, 0.25) is 0 Å². The zero-order valence-electron chi connectivity index (χ0n) is 15.6. The lowest BCUT2D eigenvalue weighted by molar-refractivity contribution is -0.138. The minimum Gasteiger partial charge on any atom is -0.396 e. The molecule has 1 aliphatic rings. The fourth-order valence-corrected chi connectivity index (χ4v) is 3.04. The minimum absolute atomic E-state index is 0. The summed E-state index contributed by atoms with van der Waals surface area (Å²) in [6.45, 7) is 3.77. The van der Waals surface area contributed by atoms with Crippen LogP contribution in [0.3, 0.4) is 0 Å². The normalized spacial score (nSPS) is 20.0. The quantitative estimate of drug-likeness (QED) is 0.224. The molecule has 0 aromatic heterocycles. The number of guanidine groups is 1. The molecule has 0 saturated carbocycles. The summed E-state index contributed by atoms with van der Waals surface area (Å²) in [6.07, 6.45) is -3.29. The molecule has 0 radical (unpaired) electrons. The van der Waals surface area contributed by atoms with E-state index in [1.807, 2.05) is 6.92 Å². The van der Waals surface area contributed by atoms with Gasteiger partial charge in [-0.2, -0.15) is 13.2 Å². The Kier molecular flexibility index (Phi) is 9.91. The van der Waals surface area contributed by atoms with Crippen LogP contribution < -0.4 is 10.6 Å². The Morgan fingerprint density at radius 3 is 2.64 bits per heavy atom. The molecule has 1 heterocycles. The molecule has 0 aliphatic carbocycles. The van der Waals surface area contributed by atoms with Crippen LogP contribution in [0.1, 0.15) is 30.9 Å². The van der Waals surface area contributed by atoms with E-state index in [9.17, 15) is 22.7 Å². The van der Waals surface area contributed by atoms with Crippen LogP contribution in [0.15, 0.2) is 23.2 Å². The highest BCUT2D eigenvalue weighted by Crippen LogP contribution is 2.33. The largest absolute Gasteiger partial charge is 0.416 e. The van der Waals surface area contributed by atoms with Gasteiger partial charge >= 0.3 is 6.18 Å². The third-order valence-corrected chi connectivity index (χ3v) is 4.59. The van der Waals surface area contributed by atoms with Crippen molar-refractivity contribution in [2.45, 2.75) is 32.5 Å². The third-order valence-electron chi connectivity index (χ3n) is 4.59. The summed E-state index contributed by atoms with van der Waals surface area (Å²) in [7, 11) is 0. The second kappa shape index (κ2) is 11.1. The number of hydrogen-bond donors (Lipinski definition) is 3. The summed E-state index contributed by atoms with van der Waals surface area (Å²) in [6, 6.07) is 2.58. The molecule has 1 aliphatic heterocycles. The highest BCUT2D eigenvalue weighted by atomic mass is 127. The van der Waals surface area contributed by atoms with Crippen molar-refractivity contribution in [2.24, 2.45) is 10.4 Å². The van der Waals surface area contributed by atoms with Gasteiger partial charge in [-0.3, -0.25) is 0 Å². The van der Waals surface area contributed by atoms with E-state index in [0.717, 1.165) is 18.6 Å². The molecule has 0 bridgehead atoms. The fourth-order valence-electron chi connectivity index (χ4n) is 3.04. The first-order valence-electron chi connectivity index (χ1n) is 8.86. The minimum atomic E-state index is -4.65. The number of benzene rings is 1. The van der Waals surface area contributed by atoms with Gasteiger partial charge in [0, 0.05) is 31.7 Å². The molecule has 1 aromatic carbocycles. The first kappa shape index (κ1) is 24.9. The van der Waals surface area contributed by atoms with Gasteiger partial charge in [-0.1, -0.05) is 6.07 Å². The smallest absolute Gasteiger partial charge is 0.396 e. The number of nitrogens with zero attached hydrogens (tertiary/aromatic N) is 1. The van der Waals surface area contributed by atoms with E-state index < -0.39 is 17.6 Å². The average molecular weight is 519 g/mol. The second-order valence-corrected chi connectivity index (χ2v) is 6.62. The summed E-state index contributed by atoms with van der Waals surface area (Å²) in [5.41, 5.74) is -1.35. The van der Waals surface area contributed by atoms with Crippen molar-refractivity contribution in [3.8, 4) is 0 Å². The molecule has 5 nitrogen and oxygen atoms in total. The van der Waals surface area contributed by atoms with Crippen LogP contribution in [-0.2, 0) is 17.5 Å². The van der Waals surface area contributed by atoms with E-state index in [4.69, 9.17) is 4.74 Å². The van der Waals surface area contributed by atoms with E-state index in [1.54, 1.807) is 0 Å². The van der Waals surface area contributed by atoms with Crippen LogP contribution in [0.4, 0.5) is 17.6 Å². The van der Waals surface area contributed by atoms with Crippen molar-refractivity contribution < 1.29 is 27.4 Å². The maximum atomic E-state index is 13.2. The summed E-state index contributed by atoms with van der Waals surface area (Å²) in [5.74, 6) is -0.577. The van der Waals surface area contributed by atoms with Crippen LogP contribution in [0.5, 0.6) is 0 Å². The SMILES string of the molecule is CCNC(=NCc1ccc(F)cc1C(F)(F)F)NCC1(CCO)CCOC1.I. The lowest BCUT2D eigenvalue weighted by atomic mass is 9.84. The summed E-state index contributed by atoms with van der Waals surface area (Å²) < 4.78 is 58.0. The number of ether oxygens (including phenoxy) is 1. The number of aliphatic hydroxyl groups excluding tert-OH is 1. The lowest BCUT2D eigenvalue weighted by Gasteiger charge is -2.27. The Bertz CT molecular complexity index is 650. The molecular formula is C18H26F4IN3O2. The fraction of sp³-hybridized carbons (Fsp3) is 0.611. The predicted molar refractivity (Wildman–Crippen MR) is 109 cm³/mol. The van der Waals surface area contributed by atoms with E-state index in [0.29, 0.717) is 44.8 Å². The van der Waals surface area contributed by atoms with Crippen LogP contribution in [0.2, 0.25) is 0 Å². The van der Waals surface area contributed by atoms with Gasteiger partial charge in [0.05, 0.1) is 18.7 Å². The standard InChI is InChI=1S/C18H25F4N3O2.HI/c1-2-23-16(25-11-17(5-7-26)6-8-27-12-17)24-10-13-3-4-14(19)9-15(13)18(20,21)22;/h3-4,9,26H,2,5-8,10-12H2,1H3,(H2,23,24,25);1H. The number of halogens is 5. The first-order chi connectivity index (χ1) is 12.8. The Morgan fingerprint density at radius 1 is 1.32 bits per heavy atom. The van der Waals surface area contributed by atoms with E-state index in [-0.39, 0.29) is 48.1 Å². The van der Waals surface area contributed by atoms with Crippen LogP contribution in [0, 0.1) is 11.2 Å². The maximum absolute atomic E-state index is 13.2. The van der Waals surface area contributed by atoms with Crippen molar-refractivity contribution >= 4 is 29.9 Å². The molecule has 1 saturated heterocycles. The molecule has 2 rings (SSSR count). The molecule has 10 heteroatoms. The number of hydrogen-bond acceptors (Lipinski definition) is 3. The predicted octanol–water partition coefficient (Wildman–Crippen LogP) is 3.31. The van der Waals surface area contributed by atoms with Crippen LogP contribution >= 0.6 is 24.0 Å². The third kappa shape index (κ3) is 7.03. The maximum Gasteiger partial charge on any atom is 0.416 e. The van der Waals surface area contributed by atoms with Crippen molar-refractivity contribution in [3.63, 3.8) is 0 Å². The molecule has 1 atom stereocenters. The van der Waals surface area contributed by atoms with Crippen molar-refractivity contribution in [3.05, 3.63) is 35.1 Å². The van der Waals surface area contributed by atoms with Crippen molar-refractivity contribution in [1.29, 1.82) is 0 Å².